The first-order valence-electron chi connectivity index (χ1n) is 6.61. The lowest BCUT2D eigenvalue weighted by atomic mass is 10.2. The van der Waals surface area contributed by atoms with Crippen LogP contribution in [0.25, 0.3) is 0 Å². The van der Waals surface area contributed by atoms with Gasteiger partial charge in [-0.1, -0.05) is 0 Å². The Morgan fingerprint density at radius 1 is 1.56 bits per heavy atom. The second-order valence-corrected chi connectivity index (χ2v) is 5.30. The molecule has 1 fully saturated rings. The van der Waals surface area contributed by atoms with Gasteiger partial charge < -0.3 is 9.73 Å². The van der Waals surface area contributed by atoms with E-state index in [1.165, 1.54) is 12.8 Å². The average Bonchev–Trinajstić information content (AvgIpc) is 3.02. The molecule has 2 unspecified atom stereocenters. The zero-order valence-electron chi connectivity index (χ0n) is 11.3. The molecule has 0 saturated heterocycles. The maximum atomic E-state index is 11.9. The van der Waals surface area contributed by atoms with Gasteiger partial charge in [0.15, 0.2) is 0 Å². The smallest absolute Gasteiger partial charge is 0.234 e. The lowest BCUT2D eigenvalue weighted by molar-refractivity contribution is -0.123. The Morgan fingerprint density at radius 2 is 2.28 bits per heavy atom. The second-order valence-electron chi connectivity index (χ2n) is 5.30. The molecule has 4 heteroatoms. The lowest BCUT2D eigenvalue weighted by Crippen LogP contribution is -2.41. The van der Waals surface area contributed by atoms with Gasteiger partial charge in [0.25, 0.3) is 0 Å². The minimum absolute atomic E-state index is 0.0499. The lowest BCUT2D eigenvalue weighted by Gasteiger charge is -2.24. The van der Waals surface area contributed by atoms with E-state index in [1.807, 2.05) is 26.1 Å². The van der Waals surface area contributed by atoms with E-state index in [0.29, 0.717) is 12.6 Å². The van der Waals surface area contributed by atoms with Crippen LogP contribution in [0.1, 0.15) is 38.5 Å². The quantitative estimate of drug-likeness (QED) is 0.841. The maximum Gasteiger partial charge on any atom is 0.234 e. The standard InChI is InChI=1S/C14H22N2O2/c1-10(13-5-4-8-18-13)15-14(17)9-16(3)11(2)12-6-7-12/h4-5,8,10-12H,6-7,9H2,1-3H3,(H,15,17). The van der Waals surface area contributed by atoms with Crippen molar-refractivity contribution in [3.05, 3.63) is 24.2 Å². The van der Waals surface area contributed by atoms with Crippen molar-refractivity contribution in [3.63, 3.8) is 0 Å². The van der Waals surface area contributed by atoms with Crippen LogP contribution in [0.4, 0.5) is 0 Å². The normalized spacial score (nSPS) is 18.7. The molecule has 0 bridgehead atoms. The zero-order chi connectivity index (χ0) is 13.1. The van der Waals surface area contributed by atoms with Crippen LogP contribution in [0.5, 0.6) is 0 Å². The summed E-state index contributed by atoms with van der Waals surface area (Å²) >= 11 is 0. The molecule has 1 aromatic rings. The number of furan rings is 1. The Labute approximate surface area is 108 Å². The topological polar surface area (TPSA) is 45.5 Å². The van der Waals surface area contributed by atoms with Crippen molar-refractivity contribution in [1.82, 2.24) is 10.2 Å². The summed E-state index contributed by atoms with van der Waals surface area (Å²) in [5.74, 6) is 1.63. The molecule has 1 heterocycles. The van der Waals surface area contributed by atoms with Crippen molar-refractivity contribution in [1.29, 1.82) is 0 Å². The molecule has 2 rings (SSSR count). The van der Waals surface area contributed by atoms with Crippen LogP contribution in [-0.2, 0) is 4.79 Å². The van der Waals surface area contributed by atoms with E-state index in [4.69, 9.17) is 4.42 Å². The first kappa shape index (κ1) is 13.1. The SMILES string of the molecule is CC(NC(=O)CN(C)C(C)C1CC1)c1ccco1. The Hall–Kier alpha value is -1.29. The summed E-state index contributed by atoms with van der Waals surface area (Å²) in [6, 6.07) is 4.13. The maximum absolute atomic E-state index is 11.9. The van der Waals surface area contributed by atoms with Crippen LogP contribution in [0.2, 0.25) is 0 Å². The van der Waals surface area contributed by atoms with Gasteiger partial charge in [0.2, 0.25) is 5.91 Å². The number of likely N-dealkylation sites (N-methyl/N-ethyl adjacent to an activating group) is 1. The number of hydrogen-bond acceptors (Lipinski definition) is 3. The summed E-state index contributed by atoms with van der Waals surface area (Å²) in [5, 5.41) is 2.95. The Morgan fingerprint density at radius 3 is 2.83 bits per heavy atom. The Bertz CT molecular complexity index is 385. The van der Waals surface area contributed by atoms with E-state index in [9.17, 15) is 4.79 Å². The first-order valence-corrected chi connectivity index (χ1v) is 6.61. The van der Waals surface area contributed by atoms with Gasteiger partial charge in [-0.25, -0.2) is 0 Å². The van der Waals surface area contributed by atoms with E-state index < -0.39 is 0 Å². The third kappa shape index (κ3) is 3.35. The molecule has 2 atom stereocenters. The predicted molar refractivity (Wildman–Crippen MR) is 70.1 cm³/mol. The molecule has 1 amide bonds. The summed E-state index contributed by atoms with van der Waals surface area (Å²) < 4.78 is 5.27. The fraction of sp³-hybridized carbons (Fsp3) is 0.643. The summed E-state index contributed by atoms with van der Waals surface area (Å²) in [4.78, 5) is 14.0. The second kappa shape index (κ2) is 5.57. The molecule has 1 aliphatic rings. The van der Waals surface area contributed by atoms with Crippen LogP contribution in [0.15, 0.2) is 22.8 Å². The van der Waals surface area contributed by atoms with Crippen LogP contribution in [0, 0.1) is 5.92 Å². The number of carbonyl (C=O) groups is 1. The summed E-state index contributed by atoms with van der Waals surface area (Å²) in [6.45, 7) is 4.57. The molecular weight excluding hydrogens is 228 g/mol. The molecule has 18 heavy (non-hydrogen) atoms. The van der Waals surface area contributed by atoms with Gasteiger partial charge in [0.05, 0.1) is 18.8 Å². The highest BCUT2D eigenvalue weighted by atomic mass is 16.3. The van der Waals surface area contributed by atoms with E-state index in [2.05, 4.69) is 17.1 Å². The van der Waals surface area contributed by atoms with Crippen molar-refractivity contribution in [2.24, 2.45) is 5.92 Å². The predicted octanol–water partition coefficient (Wildman–Crippen LogP) is 2.19. The minimum atomic E-state index is -0.0721. The van der Waals surface area contributed by atoms with E-state index in [-0.39, 0.29) is 11.9 Å². The molecule has 100 valence electrons. The fourth-order valence-electron chi connectivity index (χ4n) is 2.20. The van der Waals surface area contributed by atoms with Gasteiger partial charge in [-0.05, 0) is 51.8 Å². The minimum Gasteiger partial charge on any atom is -0.467 e. The van der Waals surface area contributed by atoms with Crippen LogP contribution >= 0.6 is 0 Å². The summed E-state index contributed by atoms with van der Waals surface area (Å²) in [7, 11) is 2.01. The zero-order valence-corrected chi connectivity index (χ0v) is 11.3. The Kier molecular flexibility index (Phi) is 4.07. The van der Waals surface area contributed by atoms with Crippen molar-refractivity contribution in [3.8, 4) is 0 Å². The number of nitrogens with one attached hydrogen (secondary N) is 1. The molecule has 1 aliphatic carbocycles. The van der Waals surface area contributed by atoms with E-state index in [0.717, 1.165) is 11.7 Å². The molecule has 1 aromatic heterocycles. The molecule has 1 N–H and O–H groups in total. The fourth-order valence-corrected chi connectivity index (χ4v) is 2.20. The molecule has 0 aliphatic heterocycles. The molecule has 1 saturated carbocycles. The van der Waals surface area contributed by atoms with E-state index in [1.54, 1.807) is 6.26 Å². The summed E-state index contributed by atoms with van der Waals surface area (Å²) in [5.41, 5.74) is 0. The largest absolute Gasteiger partial charge is 0.467 e. The van der Waals surface area contributed by atoms with Gasteiger partial charge in [0.1, 0.15) is 5.76 Å². The van der Waals surface area contributed by atoms with Crippen molar-refractivity contribution < 1.29 is 9.21 Å². The molecular formula is C14H22N2O2. The summed E-state index contributed by atoms with van der Waals surface area (Å²) in [6.07, 6.45) is 4.23. The van der Waals surface area contributed by atoms with Crippen LogP contribution in [-0.4, -0.2) is 30.4 Å². The first-order chi connectivity index (χ1) is 8.58. The monoisotopic (exact) mass is 250 g/mol. The van der Waals surface area contributed by atoms with Crippen LogP contribution in [0.3, 0.4) is 0 Å². The molecule has 0 radical (unpaired) electrons. The van der Waals surface area contributed by atoms with Gasteiger partial charge in [0, 0.05) is 6.04 Å². The highest BCUT2D eigenvalue weighted by Crippen LogP contribution is 2.34. The van der Waals surface area contributed by atoms with Gasteiger partial charge in [-0.3, -0.25) is 9.69 Å². The number of nitrogens with zero attached hydrogens (tertiary/aromatic N) is 1. The number of rotatable bonds is 6. The molecule has 4 nitrogen and oxygen atoms in total. The Balaban J connectivity index is 1.77. The van der Waals surface area contributed by atoms with Crippen molar-refractivity contribution >= 4 is 5.91 Å². The third-order valence-corrected chi connectivity index (χ3v) is 3.74. The highest BCUT2D eigenvalue weighted by molar-refractivity contribution is 5.78. The van der Waals surface area contributed by atoms with E-state index >= 15 is 0 Å². The van der Waals surface area contributed by atoms with Gasteiger partial charge in [-0.2, -0.15) is 0 Å². The van der Waals surface area contributed by atoms with Gasteiger partial charge in [-0.15, -0.1) is 0 Å². The number of hydrogen-bond donors (Lipinski definition) is 1. The highest BCUT2D eigenvalue weighted by Gasteiger charge is 2.31. The average molecular weight is 250 g/mol. The molecule has 0 spiro atoms. The number of carbonyl (C=O) groups excluding carboxylic acids is 1. The number of amides is 1. The van der Waals surface area contributed by atoms with Gasteiger partial charge >= 0.3 is 0 Å². The third-order valence-electron chi connectivity index (χ3n) is 3.74. The van der Waals surface area contributed by atoms with Crippen molar-refractivity contribution in [2.45, 2.75) is 38.8 Å². The van der Waals surface area contributed by atoms with Crippen LogP contribution < -0.4 is 5.32 Å². The van der Waals surface area contributed by atoms with Crippen molar-refractivity contribution in [2.75, 3.05) is 13.6 Å². The molecule has 0 aromatic carbocycles.